The fourth-order valence-electron chi connectivity index (χ4n) is 2.14. The Hall–Kier alpha value is -1.69. The molecule has 0 saturated heterocycles. The number of nitrogens with zero attached hydrogens (tertiary/aromatic N) is 2. The highest BCUT2D eigenvalue weighted by atomic mass is 16.6. The number of pyridine rings is 1. The highest BCUT2D eigenvalue weighted by Gasteiger charge is 2.22. The van der Waals surface area contributed by atoms with Crippen LogP contribution in [0.3, 0.4) is 0 Å². The van der Waals surface area contributed by atoms with Crippen molar-refractivity contribution in [3.63, 3.8) is 0 Å². The third-order valence-corrected chi connectivity index (χ3v) is 3.11. The van der Waals surface area contributed by atoms with Gasteiger partial charge in [-0.15, -0.1) is 0 Å². The van der Waals surface area contributed by atoms with Crippen LogP contribution < -0.4 is 11.1 Å². The quantitative estimate of drug-likeness (QED) is 0.615. The third kappa shape index (κ3) is 2.91. The van der Waals surface area contributed by atoms with E-state index in [9.17, 15) is 10.1 Å². The Kier molecular flexibility index (Phi) is 3.53. The number of hydrogen-bond donors (Lipinski definition) is 2. The molecule has 1 fully saturated rings. The van der Waals surface area contributed by atoms with E-state index in [-0.39, 0.29) is 17.8 Å². The van der Waals surface area contributed by atoms with E-state index in [1.165, 1.54) is 18.3 Å². The first-order valence-corrected chi connectivity index (χ1v) is 5.79. The molecule has 0 aliphatic heterocycles. The minimum Gasteiger partial charge on any atom is -0.366 e. The van der Waals surface area contributed by atoms with Gasteiger partial charge in [-0.2, -0.15) is 0 Å². The molecule has 1 heterocycles. The van der Waals surface area contributed by atoms with Gasteiger partial charge in [0.15, 0.2) is 0 Å². The molecule has 0 bridgehead atoms. The molecule has 6 nitrogen and oxygen atoms in total. The van der Waals surface area contributed by atoms with Crippen LogP contribution in [-0.4, -0.2) is 22.0 Å². The van der Waals surface area contributed by atoms with Gasteiger partial charge in [0, 0.05) is 24.3 Å². The molecule has 6 heteroatoms. The van der Waals surface area contributed by atoms with Crippen molar-refractivity contribution < 1.29 is 4.92 Å². The first-order valence-electron chi connectivity index (χ1n) is 5.79. The summed E-state index contributed by atoms with van der Waals surface area (Å²) >= 11 is 0. The summed E-state index contributed by atoms with van der Waals surface area (Å²) in [6, 6.07) is 3.09. The molecule has 2 rings (SSSR count). The zero-order chi connectivity index (χ0) is 12.3. The normalized spacial score (nSPS) is 24.3. The van der Waals surface area contributed by atoms with Gasteiger partial charge in [-0.05, 0) is 12.8 Å². The van der Waals surface area contributed by atoms with Crippen LogP contribution in [-0.2, 0) is 0 Å². The van der Waals surface area contributed by atoms with Crippen molar-refractivity contribution in [2.75, 3.05) is 5.32 Å². The largest absolute Gasteiger partial charge is 0.366 e. The smallest absolute Gasteiger partial charge is 0.274 e. The van der Waals surface area contributed by atoms with Crippen LogP contribution in [0.2, 0.25) is 0 Å². The van der Waals surface area contributed by atoms with Crippen LogP contribution in [0.1, 0.15) is 25.7 Å². The fraction of sp³-hybridized carbons (Fsp3) is 0.545. The molecular formula is C11H16N4O2. The molecule has 0 spiro atoms. The molecular weight excluding hydrogens is 220 g/mol. The molecule has 1 saturated carbocycles. The summed E-state index contributed by atoms with van der Waals surface area (Å²) in [5, 5.41) is 13.8. The zero-order valence-electron chi connectivity index (χ0n) is 9.50. The topological polar surface area (TPSA) is 94.1 Å². The molecule has 0 radical (unpaired) electrons. The van der Waals surface area contributed by atoms with Crippen molar-refractivity contribution in [3.8, 4) is 0 Å². The second kappa shape index (κ2) is 5.09. The SMILES string of the molecule is NC1CCCCC1Nc1cc([N+](=O)[O-])ccn1. The summed E-state index contributed by atoms with van der Waals surface area (Å²) < 4.78 is 0. The van der Waals surface area contributed by atoms with Crippen LogP contribution in [0.4, 0.5) is 11.5 Å². The molecule has 0 aromatic carbocycles. The molecule has 3 N–H and O–H groups in total. The summed E-state index contributed by atoms with van der Waals surface area (Å²) in [5.74, 6) is 0.529. The number of nitrogens with two attached hydrogens (primary N) is 1. The first kappa shape index (κ1) is 11.8. The van der Waals surface area contributed by atoms with Crippen molar-refractivity contribution in [3.05, 3.63) is 28.4 Å². The Labute approximate surface area is 99.4 Å². The lowest BCUT2D eigenvalue weighted by Crippen LogP contribution is -2.42. The maximum atomic E-state index is 10.6. The Morgan fingerprint density at radius 1 is 1.47 bits per heavy atom. The summed E-state index contributed by atoms with van der Waals surface area (Å²) in [6.45, 7) is 0. The lowest BCUT2D eigenvalue weighted by molar-refractivity contribution is -0.384. The van der Waals surface area contributed by atoms with E-state index in [1.807, 2.05) is 0 Å². The highest BCUT2D eigenvalue weighted by Crippen LogP contribution is 2.21. The van der Waals surface area contributed by atoms with Crippen molar-refractivity contribution in [2.24, 2.45) is 5.73 Å². The predicted molar refractivity (Wildman–Crippen MR) is 64.7 cm³/mol. The number of nitrogens with one attached hydrogen (secondary N) is 1. The van der Waals surface area contributed by atoms with Gasteiger partial charge in [-0.3, -0.25) is 10.1 Å². The van der Waals surface area contributed by atoms with Crippen LogP contribution in [0, 0.1) is 10.1 Å². The van der Waals surface area contributed by atoms with Gasteiger partial charge in [0.1, 0.15) is 5.82 Å². The van der Waals surface area contributed by atoms with Gasteiger partial charge in [0.2, 0.25) is 0 Å². The average Bonchev–Trinajstić information content (AvgIpc) is 2.32. The van der Waals surface area contributed by atoms with Crippen molar-refractivity contribution in [2.45, 2.75) is 37.8 Å². The summed E-state index contributed by atoms with van der Waals surface area (Å²) in [6.07, 6.45) is 5.72. The highest BCUT2D eigenvalue weighted by molar-refractivity contribution is 5.45. The zero-order valence-corrected chi connectivity index (χ0v) is 9.50. The van der Waals surface area contributed by atoms with Gasteiger partial charge in [0.25, 0.3) is 5.69 Å². The van der Waals surface area contributed by atoms with Gasteiger partial charge in [-0.1, -0.05) is 12.8 Å². The third-order valence-electron chi connectivity index (χ3n) is 3.11. The van der Waals surface area contributed by atoms with Crippen molar-refractivity contribution >= 4 is 11.5 Å². The van der Waals surface area contributed by atoms with E-state index in [1.54, 1.807) is 0 Å². The van der Waals surface area contributed by atoms with E-state index in [2.05, 4.69) is 10.3 Å². The Morgan fingerprint density at radius 2 is 2.24 bits per heavy atom. The number of aromatic nitrogens is 1. The Balaban J connectivity index is 2.07. The monoisotopic (exact) mass is 236 g/mol. The molecule has 1 aromatic rings. The van der Waals surface area contributed by atoms with Crippen molar-refractivity contribution in [1.29, 1.82) is 0 Å². The van der Waals surface area contributed by atoms with Crippen LogP contribution >= 0.6 is 0 Å². The minimum atomic E-state index is -0.423. The maximum Gasteiger partial charge on any atom is 0.274 e. The van der Waals surface area contributed by atoms with Crippen LogP contribution in [0.5, 0.6) is 0 Å². The predicted octanol–water partition coefficient (Wildman–Crippen LogP) is 1.67. The van der Waals surface area contributed by atoms with Gasteiger partial charge >= 0.3 is 0 Å². The molecule has 1 aliphatic rings. The van der Waals surface area contributed by atoms with E-state index in [0.717, 1.165) is 25.7 Å². The Bertz CT molecular complexity index is 410. The van der Waals surface area contributed by atoms with E-state index in [0.29, 0.717) is 5.82 Å². The van der Waals surface area contributed by atoms with Gasteiger partial charge < -0.3 is 11.1 Å². The van der Waals surface area contributed by atoms with Crippen LogP contribution in [0.25, 0.3) is 0 Å². The first-order chi connectivity index (χ1) is 8.16. The number of nitro groups is 1. The number of hydrogen-bond acceptors (Lipinski definition) is 5. The maximum absolute atomic E-state index is 10.6. The number of rotatable bonds is 3. The number of anilines is 1. The Morgan fingerprint density at radius 3 is 2.94 bits per heavy atom. The second-order valence-electron chi connectivity index (χ2n) is 4.36. The second-order valence-corrected chi connectivity index (χ2v) is 4.36. The van der Waals surface area contributed by atoms with Gasteiger partial charge in [-0.25, -0.2) is 4.98 Å². The minimum absolute atomic E-state index is 0.0480. The molecule has 2 atom stereocenters. The molecule has 0 amide bonds. The summed E-state index contributed by atoms with van der Waals surface area (Å²) in [7, 11) is 0. The lowest BCUT2D eigenvalue weighted by Gasteiger charge is -2.29. The van der Waals surface area contributed by atoms with Crippen molar-refractivity contribution in [1.82, 2.24) is 4.98 Å². The summed E-state index contributed by atoms with van der Waals surface area (Å²) in [5.41, 5.74) is 6.05. The molecule has 1 aromatic heterocycles. The lowest BCUT2D eigenvalue weighted by atomic mass is 9.91. The fourth-order valence-corrected chi connectivity index (χ4v) is 2.14. The standard InChI is InChI=1S/C11H16N4O2/c12-9-3-1-2-4-10(9)14-11-7-8(15(16)17)5-6-13-11/h5-7,9-10H,1-4,12H2,(H,13,14). The molecule has 2 unspecified atom stereocenters. The molecule has 17 heavy (non-hydrogen) atoms. The van der Waals surface area contributed by atoms with Crippen LogP contribution in [0.15, 0.2) is 18.3 Å². The average molecular weight is 236 g/mol. The summed E-state index contributed by atoms with van der Waals surface area (Å²) in [4.78, 5) is 14.3. The molecule has 1 aliphatic carbocycles. The van der Waals surface area contributed by atoms with E-state index in [4.69, 9.17) is 5.73 Å². The van der Waals surface area contributed by atoms with E-state index >= 15 is 0 Å². The molecule has 92 valence electrons. The van der Waals surface area contributed by atoms with E-state index < -0.39 is 4.92 Å². The van der Waals surface area contributed by atoms with Gasteiger partial charge in [0.05, 0.1) is 11.0 Å².